The number of hydrogen-bond acceptors (Lipinski definition) is 3. The molecule has 3 rings (SSSR count). The summed E-state index contributed by atoms with van der Waals surface area (Å²) in [7, 11) is 0. The smallest absolute Gasteiger partial charge is 0.223 e. The number of amides is 1. The van der Waals surface area contributed by atoms with E-state index in [1.54, 1.807) is 0 Å². The summed E-state index contributed by atoms with van der Waals surface area (Å²) in [5, 5.41) is 2.99. The van der Waals surface area contributed by atoms with Crippen molar-refractivity contribution in [1.82, 2.24) is 15.3 Å². The van der Waals surface area contributed by atoms with Gasteiger partial charge in [0.25, 0.3) is 0 Å². The zero-order valence-electron chi connectivity index (χ0n) is 12.4. The zero-order chi connectivity index (χ0) is 14.8. The Bertz CT molecular complexity index is 649. The van der Waals surface area contributed by atoms with E-state index in [4.69, 9.17) is 5.73 Å². The van der Waals surface area contributed by atoms with Crippen LogP contribution in [0.25, 0.3) is 11.0 Å². The molecule has 1 saturated carbocycles. The number of imidazole rings is 1. The lowest BCUT2D eigenvalue weighted by Crippen LogP contribution is -2.34. The van der Waals surface area contributed by atoms with Crippen molar-refractivity contribution in [3.8, 4) is 0 Å². The van der Waals surface area contributed by atoms with Crippen LogP contribution in [-0.2, 0) is 11.3 Å². The highest BCUT2D eigenvalue weighted by Gasteiger charge is 2.31. The molecule has 112 valence electrons. The first-order chi connectivity index (χ1) is 10.2. The molecule has 2 aromatic rings. The predicted octanol–water partition coefficient (Wildman–Crippen LogP) is 1.86. The summed E-state index contributed by atoms with van der Waals surface area (Å²) in [5.74, 6) is 1.32. The molecule has 1 heterocycles. The van der Waals surface area contributed by atoms with Gasteiger partial charge >= 0.3 is 0 Å². The standard InChI is InChI=1S/C16H22N4O/c1-10-5-6-13-14(7-10)20-15(19-13)9-18-16(21)12-4-2-3-11(12)8-17/h5-7,11-12H,2-4,8-9,17H2,1H3,(H,18,21)(H,19,20)/t11-,12-/m1/s1. The summed E-state index contributed by atoms with van der Waals surface area (Å²) >= 11 is 0. The number of benzene rings is 1. The predicted molar refractivity (Wildman–Crippen MR) is 82.6 cm³/mol. The van der Waals surface area contributed by atoms with E-state index >= 15 is 0 Å². The molecule has 2 atom stereocenters. The van der Waals surface area contributed by atoms with Crippen molar-refractivity contribution in [2.24, 2.45) is 17.6 Å². The minimum absolute atomic E-state index is 0.0709. The summed E-state index contributed by atoms with van der Waals surface area (Å²) in [6.45, 7) is 3.09. The molecule has 1 amide bonds. The van der Waals surface area contributed by atoms with Crippen molar-refractivity contribution in [1.29, 1.82) is 0 Å². The SMILES string of the molecule is Cc1ccc2nc(CNC(=O)[C@@H]3CCC[C@@H]3CN)[nH]c2c1. The average Bonchev–Trinajstić information content (AvgIpc) is 3.10. The number of nitrogens with one attached hydrogen (secondary N) is 2. The third-order valence-corrected chi connectivity index (χ3v) is 4.42. The van der Waals surface area contributed by atoms with Gasteiger partial charge in [-0.2, -0.15) is 0 Å². The number of aryl methyl sites for hydroxylation is 1. The molecule has 0 bridgehead atoms. The second-order valence-electron chi connectivity index (χ2n) is 5.96. The minimum atomic E-state index is 0.0709. The topological polar surface area (TPSA) is 83.8 Å². The normalized spacial score (nSPS) is 21.8. The van der Waals surface area contributed by atoms with E-state index in [1.807, 2.05) is 12.1 Å². The summed E-state index contributed by atoms with van der Waals surface area (Å²) in [6.07, 6.45) is 3.12. The van der Waals surface area contributed by atoms with Crippen LogP contribution in [0.15, 0.2) is 18.2 Å². The Morgan fingerprint density at radius 2 is 2.33 bits per heavy atom. The van der Waals surface area contributed by atoms with Crippen LogP contribution in [0.1, 0.15) is 30.7 Å². The number of nitrogens with two attached hydrogens (primary N) is 1. The molecule has 5 nitrogen and oxygen atoms in total. The first kappa shape index (κ1) is 14.1. The molecule has 1 fully saturated rings. The van der Waals surface area contributed by atoms with Gasteiger partial charge in [-0.05, 0) is 49.9 Å². The van der Waals surface area contributed by atoms with E-state index in [0.29, 0.717) is 19.0 Å². The first-order valence-electron chi connectivity index (χ1n) is 7.60. The van der Waals surface area contributed by atoms with Crippen LogP contribution in [0.4, 0.5) is 0 Å². The Hall–Kier alpha value is -1.88. The van der Waals surface area contributed by atoms with Gasteiger partial charge in [-0.15, -0.1) is 0 Å². The number of hydrogen-bond donors (Lipinski definition) is 3. The fraction of sp³-hybridized carbons (Fsp3) is 0.500. The number of nitrogens with zero attached hydrogens (tertiary/aromatic N) is 1. The molecule has 0 radical (unpaired) electrons. The van der Waals surface area contributed by atoms with Gasteiger partial charge in [-0.25, -0.2) is 4.98 Å². The monoisotopic (exact) mass is 286 g/mol. The van der Waals surface area contributed by atoms with Crippen LogP contribution in [-0.4, -0.2) is 22.4 Å². The highest BCUT2D eigenvalue weighted by molar-refractivity contribution is 5.79. The first-order valence-corrected chi connectivity index (χ1v) is 7.60. The van der Waals surface area contributed by atoms with Crippen LogP contribution < -0.4 is 11.1 Å². The molecule has 1 aromatic heterocycles. The zero-order valence-corrected chi connectivity index (χ0v) is 12.4. The molecule has 1 aliphatic rings. The maximum Gasteiger partial charge on any atom is 0.223 e. The second-order valence-corrected chi connectivity index (χ2v) is 5.96. The highest BCUT2D eigenvalue weighted by atomic mass is 16.1. The second kappa shape index (κ2) is 5.85. The third-order valence-electron chi connectivity index (χ3n) is 4.42. The number of carbonyl (C=O) groups is 1. The number of carbonyl (C=O) groups excluding carboxylic acids is 1. The number of aromatic nitrogens is 2. The number of rotatable bonds is 4. The van der Waals surface area contributed by atoms with E-state index in [-0.39, 0.29) is 11.8 Å². The average molecular weight is 286 g/mol. The molecule has 0 spiro atoms. The van der Waals surface area contributed by atoms with Crippen molar-refractivity contribution >= 4 is 16.9 Å². The van der Waals surface area contributed by atoms with Crippen molar-refractivity contribution in [3.63, 3.8) is 0 Å². The van der Waals surface area contributed by atoms with Crippen LogP contribution in [0.2, 0.25) is 0 Å². The summed E-state index contributed by atoms with van der Waals surface area (Å²) < 4.78 is 0. The summed E-state index contributed by atoms with van der Waals surface area (Å²) in [4.78, 5) is 20.0. The van der Waals surface area contributed by atoms with Crippen molar-refractivity contribution in [3.05, 3.63) is 29.6 Å². The van der Waals surface area contributed by atoms with Crippen LogP contribution >= 0.6 is 0 Å². The Labute approximate surface area is 124 Å². The largest absolute Gasteiger partial charge is 0.349 e. The maximum atomic E-state index is 12.2. The summed E-state index contributed by atoms with van der Waals surface area (Å²) in [6, 6.07) is 6.10. The van der Waals surface area contributed by atoms with Crippen molar-refractivity contribution in [2.75, 3.05) is 6.54 Å². The molecule has 1 aliphatic carbocycles. The quantitative estimate of drug-likeness (QED) is 0.802. The van der Waals surface area contributed by atoms with Crippen LogP contribution in [0.5, 0.6) is 0 Å². The fourth-order valence-corrected chi connectivity index (χ4v) is 3.23. The number of H-pyrrole nitrogens is 1. The van der Waals surface area contributed by atoms with E-state index in [1.165, 1.54) is 5.56 Å². The van der Waals surface area contributed by atoms with E-state index in [9.17, 15) is 4.79 Å². The molecule has 21 heavy (non-hydrogen) atoms. The van der Waals surface area contributed by atoms with Gasteiger partial charge in [-0.3, -0.25) is 4.79 Å². The Kier molecular flexibility index (Phi) is 3.92. The molecule has 1 aromatic carbocycles. The maximum absolute atomic E-state index is 12.2. The van der Waals surface area contributed by atoms with E-state index in [2.05, 4.69) is 28.3 Å². The lowest BCUT2D eigenvalue weighted by Gasteiger charge is -2.16. The minimum Gasteiger partial charge on any atom is -0.349 e. The van der Waals surface area contributed by atoms with E-state index in [0.717, 1.165) is 36.1 Å². The van der Waals surface area contributed by atoms with Gasteiger partial charge in [0.1, 0.15) is 5.82 Å². The molecule has 5 heteroatoms. The molecular formula is C16H22N4O. The molecule has 0 saturated heterocycles. The number of fused-ring (bicyclic) bond motifs is 1. The molecule has 4 N–H and O–H groups in total. The van der Waals surface area contributed by atoms with Gasteiger partial charge in [0.2, 0.25) is 5.91 Å². The Balaban J connectivity index is 1.64. The van der Waals surface area contributed by atoms with E-state index < -0.39 is 0 Å². The highest BCUT2D eigenvalue weighted by Crippen LogP contribution is 2.30. The van der Waals surface area contributed by atoms with Crippen molar-refractivity contribution in [2.45, 2.75) is 32.7 Å². The lowest BCUT2D eigenvalue weighted by molar-refractivity contribution is -0.126. The van der Waals surface area contributed by atoms with Gasteiger partial charge in [0.05, 0.1) is 17.6 Å². The van der Waals surface area contributed by atoms with Gasteiger partial charge in [0, 0.05) is 5.92 Å². The van der Waals surface area contributed by atoms with Crippen LogP contribution in [0, 0.1) is 18.8 Å². The molecular weight excluding hydrogens is 264 g/mol. The van der Waals surface area contributed by atoms with Crippen LogP contribution in [0.3, 0.4) is 0 Å². The molecule has 0 unspecified atom stereocenters. The summed E-state index contributed by atoms with van der Waals surface area (Å²) in [5.41, 5.74) is 8.88. The third kappa shape index (κ3) is 2.93. The van der Waals surface area contributed by atoms with Gasteiger partial charge < -0.3 is 16.0 Å². The fourth-order valence-electron chi connectivity index (χ4n) is 3.23. The lowest BCUT2D eigenvalue weighted by atomic mass is 9.95. The number of aromatic amines is 1. The van der Waals surface area contributed by atoms with Gasteiger partial charge in [0.15, 0.2) is 0 Å². The molecule has 0 aliphatic heterocycles. The van der Waals surface area contributed by atoms with Crippen molar-refractivity contribution < 1.29 is 4.79 Å². The Morgan fingerprint density at radius 1 is 1.48 bits per heavy atom. The van der Waals surface area contributed by atoms with Gasteiger partial charge in [-0.1, -0.05) is 12.5 Å². The Morgan fingerprint density at radius 3 is 3.14 bits per heavy atom.